The summed E-state index contributed by atoms with van der Waals surface area (Å²) in [5.74, 6) is 0.739. The monoisotopic (exact) mass is 449 g/mol. The molecule has 0 saturated heterocycles. The summed E-state index contributed by atoms with van der Waals surface area (Å²) < 4.78 is 8.48. The molecule has 1 aliphatic heterocycles. The summed E-state index contributed by atoms with van der Waals surface area (Å²) in [6.45, 7) is 3.11. The van der Waals surface area contributed by atoms with E-state index in [0.717, 1.165) is 61.4 Å². The first-order chi connectivity index (χ1) is 16.0. The Morgan fingerprint density at radius 3 is 2.85 bits per heavy atom. The standard InChI is InChI=1S/C25H31N5O3/c1-3-33-24(32)16-22(19-10-12-23(31)29(2)17-19)30-15-13-21(28-30)8-4-7-20-11-9-18-6-5-14-26-25(18)27-20/h9-13,15,17,22H,3-8,14,16H2,1-2H3,(H,26,27)/t22-/m0/s1. The van der Waals surface area contributed by atoms with Crippen molar-refractivity contribution in [2.24, 2.45) is 7.05 Å². The molecule has 0 aliphatic carbocycles. The summed E-state index contributed by atoms with van der Waals surface area (Å²) in [5, 5.41) is 8.13. The Labute approximate surface area is 193 Å². The van der Waals surface area contributed by atoms with E-state index < -0.39 is 0 Å². The van der Waals surface area contributed by atoms with Crippen molar-refractivity contribution in [3.8, 4) is 0 Å². The van der Waals surface area contributed by atoms with Crippen molar-refractivity contribution >= 4 is 11.8 Å². The molecule has 8 heteroatoms. The van der Waals surface area contributed by atoms with Crippen molar-refractivity contribution in [1.29, 1.82) is 0 Å². The first-order valence-electron chi connectivity index (χ1n) is 11.6. The van der Waals surface area contributed by atoms with Crippen LogP contribution in [-0.2, 0) is 35.8 Å². The minimum atomic E-state index is -0.335. The average Bonchev–Trinajstić information content (AvgIpc) is 3.28. The number of aromatic nitrogens is 4. The van der Waals surface area contributed by atoms with Gasteiger partial charge in [0, 0.05) is 37.7 Å². The Bertz CT molecular complexity index is 1170. The van der Waals surface area contributed by atoms with Crippen molar-refractivity contribution in [1.82, 2.24) is 19.3 Å². The number of hydrogen-bond acceptors (Lipinski definition) is 6. The van der Waals surface area contributed by atoms with Gasteiger partial charge in [0.05, 0.1) is 24.8 Å². The van der Waals surface area contributed by atoms with Crippen LogP contribution in [0.2, 0.25) is 0 Å². The zero-order valence-electron chi connectivity index (χ0n) is 19.3. The first kappa shape index (κ1) is 22.8. The second-order valence-electron chi connectivity index (χ2n) is 8.42. The lowest BCUT2D eigenvalue weighted by molar-refractivity contribution is -0.143. The molecule has 0 amide bonds. The average molecular weight is 450 g/mol. The first-order valence-corrected chi connectivity index (χ1v) is 11.6. The van der Waals surface area contributed by atoms with Crippen LogP contribution in [0, 0.1) is 0 Å². The summed E-state index contributed by atoms with van der Waals surface area (Å²) in [6.07, 6.45) is 8.69. The molecule has 0 fully saturated rings. The lowest BCUT2D eigenvalue weighted by Crippen LogP contribution is -2.21. The molecular formula is C25H31N5O3. The lowest BCUT2D eigenvalue weighted by atomic mass is 10.1. The smallest absolute Gasteiger partial charge is 0.308 e. The largest absolute Gasteiger partial charge is 0.466 e. The number of ether oxygens (including phenoxy) is 1. The summed E-state index contributed by atoms with van der Waals surface area (Å²) in [5.41, 5.74) is 4.10. The fraction of sp³-hybridized carbons (Fsp3) is 0.440. The highest BCUT2D eigenvalue weighted by Gasteiger charge is 2.21. The van der Waals surface area contributed by atoms with E-state index in [1.54, 1.807) is 30.9 Å². The topological polar surface area (TPSA) is 91.0 Å². The second kappa shape index (κ2) is 10.5. The van der Waals surface area contributed by atoms with Crippen LogP contribution in [0.25, 0.3) is 0 Å². The summed E-state index contributed by atoms with van der Waals surface area (Å²) in [4.78, 5) is 28.8. The number of nitrogens with zero attached hydrogens (tertiary/aromatic N) is 4. The molecule has 174 valence electrons. The third-order valence-electron chi connectivity index (χ3n) is 5.96. The van der Waals surface area contributed by atoms with Crippen LogP contribution in [0.1, 0.15) is 54.7 Å². The predicted octanol–water partition coefficient (Wildman–Crippen LogP) is 3.05. The fourth-order valence-corrected chi connectivity index (χ4v) is 4.20. The SMILES string of the molecule is CCOC(=O)C[C@@H](c1ccc(=O)n(C)c1)n1ccc(CCCc2ccc3c(n2)NCCC3)n1. The van der Waals surface area contributed by atoms with E-state index >= 15 is 0 Å². The van der Waals surface area contributed by atoms with E-state index in [0.29, 0.717) is 6.61 Å². The number of aryl methyl sites for hydroxylation is 4. The van der Waals surface area contributed by atoms with Crippen molar-refractivity contribution < 1.29 is 9.53 Å². The zero-order chi connectivity index (χ0) is 23.2. The number of pyridine rings is 2. The molecule has 3 aromatic heterocycles. The van der Waals surface area contributed by atoms with E-state index in [2.05, 4.69) is 17.4 Å². The lowest BCUT2D eigenvalue weighted by Gasteiger charge is -2.18. The van der Waals surface area contributed by atoms with E-state index in [9.17, 15) is 9.59 Å². The minimum Gasteiger partial charge on any atom is -0.466 e. The number of carbonyl (C=O) groups excluding carboxylic acids is 1. The number of nitrogens with one attached hydrogen (secondary N) is 1. The van der Waals surface area contributed by atoms with Crippen molar-refractivity contribution in [2.75, 3.05) is 18.5 Å². The number of anilines is 1. The maximum absolute atomic E-state index is 12.2. The highest BCUT2D eigenvalue weighted by atomic mass is 16.5. The van der Waals surface area contributed by atoms with E-state index in [-0.39, 0.29) is 24.0 Å². The van der Waals surface area contributed by atoms with Gasteiger partial charge >= 0.3 is 5.97 Å². The molecule has 0 aromatic carbocycles. The molecule has 33 heavy (non-hydrogen) atoms. The number of rotatable bonds is 9. The highest BCUT2D eigenvalue weighted by molar-refractivity contribution is 5.70. The van der Waals surface area contributed by atoms with E-state index in [1.807, 2.05) is 12.3 Å². The summed E-state index contributed by atoms with van der Waals surface area (Å²) in [7, 11) is 1.70. The van der Waals surface area contributed by atoms with Crippen LogP contribution in [0.15, 0.2) is 47.5 Å². The number of fused-ring (bicyclic) bond motifs is 1. The molecule has 1 atom stereocenters. The minimum absolute atomic E-state index is 0.0965. The van der Waals surface area contributed by atoms with Gasteiger partial charge in [0.2, 0.25) is 5.56 Å². The van der Waals surface area contributed by atoms with E-state index in [4.69, 9.17) is 14.8 Å². The normalized spacial score (nSPS) is 13.8. The van der Waals surface area contributed by atoms with Gasteiger partial charge in [-0.2, -0.15) is 5.10 Å². The molecule has 1 aliphatic rings. The molecule has 0 spiro atoms. The Kier molecular flexibility index (Phi) is 7.22. The third-order valence-corrected chi connectivity index (χ3v) is 5.96. The van der Waals surface area contributed by atoms with Gasteiger partial charge in [-0.25, -0.2) is 4.98 Å². The maximum Gasteiger partial charge on any atom is 0.308 e. The molecule has 3 aromatic rings. The summed E-state index contributed by atoms with van der Waals surface area (Å²) in [6, 6.07) is 9.23. The quantitative estimate of drug-likeness (QED) is 0.505. The van der Waals surface area contributed by atoms with Crippen LogP contribution in [0.4, 0.5) is 5.82 Å². The Balaban J connectivity index is 1.43. The van der Waals surface area contributed by atoms with Crippen molar-refractivity contribution in [3.05, 3.63) is 75.6 Å². The number of esters is 1. The molecule has 8 nitrogen and oxygen atoms in total. The molecule has 0 saturated carbocycles. The molecule has 0 bridgehead atoms. The fourth-order valence-electron chi connectivity index (χ4n) is 4.20. The van der Waals surface area contributed by atoms with Crippen LogP contribution in [0.3, 0.4) is 0 Å². The Morgan fingerprint density at radius 2 is 2.03 bits per heavy atom. The Hall–Kier alpha value is -3.42. The van der Waals surface area contributed by atoms with Crippen molar-refractivity contribution in [3.63, 3.8) is 0 Å². The van der Waals surface area contributed by atoms with Crippen LogP contribution < -0.4 is 10.9 Å². The predicted molar refractivity (Wildman–Crippen MR) is 126 cm³/mol. The van der Waals surface area contributed by atoms with Crippen LogP contribution in [-0.4, -0.2) is 38.5 Å². The van der Waals surface area contributed by atoms with E-state index in [1.165, 1.54) is 16.2 Å². The number of carbonyl (C=O) groups is 1. The Morgan fingerprint density at radius 1 is 1.18 bits per heavy atom. The summed E-state index contributed by atoms with van der Waals surface area (Å²) >= 11 is 0. The van der Waals surface area contributed by atoms with Gasteiger partial charge < -0.3 is 14.6 Å². The molecule has 1 N–H and O–H groups in total. The van der Waals surface area contributed by atoms with Gasteiger partial charge in [0.1, 0.15) is 5.82 Å². The molecule has 4 rings (SSSR count). The molecular weight excluding hydrogens is 418 g/mol. The van der Waals surface area contributed by atoms with Gasteiger partial charge in [0.15, 0.2) is 0 Å². The zero-order valence-corrected chi connectivity index (χ0v) is 19.3. The van der Waals surface area contributed by atoms with Gasteiger partial charge in [-0.3, -0.25) is 14.3 Å². The molecule has 0 unspecified atom stereocenters. The van der Waals surface area contributed by atoms with Gasteiger partial charge in [-0.1, -0.05) is 6.07 Å². The van der Waals surface area contributed by atoms with Crippen LogP contribution in [0.5, 0.6) is 0 Å². The van der Waals surface area contributed by atoms with Crippen molar-refractivity contribution in [2.45, 2.75) is 51.5 Å². The second-order valence-corrected chi connectivity index (χ2v) is 8.42. The van der Waals surface area contributed by atoms with Gasteiger partial charge in [-0.05, 0) is 68.4 Å². The van der Waals surface area contributed by atoms with Gasteiger partial charge in [-0.15, -0.1) is 0 Å². The van der Waals surface area contributed by atoms with Gasteiger partial charge in [0.25, 0.3) is 0 Å². The maximum atomic E-state index is 12.2. The highest BCUT2D eigenvalue weighted by Crippen LogP contribution is 2.23. The third kappa shape index (κ3) is 5.69. The number of hydrogen-bond donors (Lipinski definition) is 1. The molecule has 0 radical (unpaired) electrons. The molecule has 4 heterocycles. The van der Waals surface area contributed by atoms with Crippen LogP contribution >= 0.6 is 0 Å².